The first kappa shape index (κ1) is 10.1. The van der Waals surface area contributed by atoms with Crippen molar-refractivity contribution in [3.63, 3.8) is 0 Å². The van der Waals surface area contributed by atoms with E-state index in [0.29, 0.717) is 6.54 Å². The summed E-state index contributed by atoms with van der Waals surface area (Å²) in [6, 6.07) is 9.81. The Morgan fingerprint density at radius 1 is 1.27 bits per heavy atom. The SMILES string of the molecule is OCCNc1nc(-c2ccccc2)ns1. The number of aromatic nitrogens is 2. The van der Waals surface area contributed by atoms with Crippen LogP contribution in [0.3, 0.4) is 0 Å². The van der Waals surface area contributed by atoms with E-state index in [9.17, 15) is 0 Å². The molecular weight excluding hydrogens is 210 g/mol. The Morgan fingerprint density at radius 2 is 2.07 bits per heavy atom. The Hall–Kier alpha value is -1.46. The molecule has 5 heteroatoms. The van der Waals surface area contributed by atoms with Crippen LogP contribution in [0.25, 0.3) is 11.4 Å². The van der Waals surface area contributed by atoms with Gasteiger partial charge in [0.15, 0.2) is 5.82 Å². The molecule has 0 aliphatic carbocycles. The molecule has 2 N–H and O–H groups in total. The van der Waals surface area contributed by atoms with E-state index in [0.717, 1.165) is 16.5 Å². The number of nitrogens with zero attached hydrogens (tertiary/aromatic N) is 2. The minimum absolute atomic E-state index is 0.0975. The lowest BCUT2D eigenvalue weighted by atomic mass is 10.2. The highest BCUT2D eigenvalue weighted by molar-refractivity contribution is 7.09. The van der Waals surface area contributed by atoms with E-state index in [1.54, 1.807) is 0 Å². The van der Waals surface area contributed by atoms with Crippen molar-refractivity contribution in [1.29, 1.82) is 0 Å². The zero-order valence-corrected chi connectivity index (χ0v) is 8.87. The van der Waals surface area contributed by atoms with Crippen LogP contribution in [0, 0.1) is 0 Å². The lowest BCUT2D eigenvalue weighted by molar-refractivity contribution is 0.311. The van der Waals surface area contributed by atoms with Crippen LogP contribution in [0.2, 0.25) is 0 Å². The summed E-state index contributed by atoms with van der Waals surface area (Å²) in [7, 11) is 0. The van der Waals surface area contributed by atoms with Crippen LogP contribution in [-0.2, 0) is 0 Å². The Morgan fingerprint density at radius 3 is 2.80 bits per heavy atom. The molecule has 1 heterocycles. The van der Waals surface area contributed by atoms with E-state index in [-0.39, 0.29) is 6.61 Å². The van der Waals surface area contributed by atoms with Gasteiger partial charge in [-0.3, -0.25) is 0 Å². The zero-order valence-electron chi connectivity index (χ0n) is 8.05. The molecule has 15 heavy (non-hydrogen) atoms. The van der Waals surface area contributed by atoms with Crippen molar-refractivity contribution < 1.29 is 5.11 Å². The van der Waals surface area contributed by atoms with E-state index in [2.05, 4.69) is 14.7 Å². The van der Waals surface area contributed by atoms with Crippen molar-refractivity contribution in [3.05, 3.63) is 30.3 Å². The van der Waals surface area contributed by atoms with E-state index >= 15 is 0 Å². The summed E-state index contributed by atoms with van der Waals surface area (Å²) in [6.07, 6.45) is 0. The molecule has 1 aromatic heterocycles. The molecule has 0 radical (unpaired) electrons. The highest BCUT2D eigenvalue weighted by Gasteiger charge is 2.04. The van der Waals surface area contributed by atoms with Crippen LogP contribution in [0.4, 0.5) is 5.13 Å². The van der Waals surface area contributed by atoms with E-state index in [1.165, 1.54) is 11.5 Å². The summed E-state index contributed by atoms with van der Waals surface area (Å²) in [5.41, 5.74) is 1.01. The molecule has 0 bridgehead atoms. The molecule has 0 amide bonds. The average Bonchev–Trinajstić information content (AvgIpc) is 2.76. The standard InChI is InChI=1S/C10H11N3OS/c14-7-6-11-10-12-9(13-15-10)8-4-2-1-3-5-8/h1-5,14H,6-7H2,(H,11,12,13). The van der Waals surface area contributed by atoms with Gasteiger partial charge in [-0.15, -0.1) is 0 Å². The number of anilines is 1. The molecule has 0 unspecified atom stereocenters. The highest BCUT2D eigenvalue weighted by atomic mass is 32.1. The minimum Gasteiger partial charge on any atom is -0.395 e. The van der Waals surface area contributed by atoms with Crippen molar-refractivity contribution in [3.8, 4) is 11.4 Å². The number of aliphatic hydroxyl groups excluding tert-OH is 1. The first-order valence-electron chi connectivity index (χ1n) is 4.64. The van der Waals surface area contributed by atoms with Crippen molar-refractivity contribution in [2.45, 2.75) is 0 Å². The number of hydrogen-bond donors (Lipinski definition) is 2. The topological polar surface area (TPSA) is 58.0 Å². The van der Waals surface area contributed by atoms with Gasteiger partial charge in [0.25, 0.3) is 0 Å². The number of benzene rings is 1. The fourth-order valence-electron chi connectivity index (χ4n) is 1.16. The van der Waals surface area contributed by atoms with Gasteiger partial charge in [-0.25, -0.2) is 0 Å². The number of rotatable bonds is 4. The van der Waals surface area contributed by atoms with Crippen LogP contribution < -0.4 is 5.32 Å². The van der Waals surface area contributed by atoms with Crippen LogP contribution in [0.1, 0.15) is 0 Å². The number of aliphatic hydroxyl groups is 1. The molecule has 2 aromatic rings. The molecule has 2 rings (SSSR count). The zero-order chi connectivity index (χ0) is 10.5. The fraction of sp³-hybridized carbons (Fsp3) is 0.200. The molecule has 0 aliphatic rings. The van der Waals surface area contributed by atoms with Gasteiger partial charge >= 0.3 is 0 Å². The van der Waals surface area contributed by atoms with Gasteiger partial charge in [0.05, 0.1) is 6.61 Å². The molecule has 1 aromatic carbocycles. The molecule has 0 saturated carbocycles. The third-order valence-electron chi connectivity index (χ3n) is 1.85. The highest BCUT2D eigenvalue weighted by Crippen LogP contribution is 2.20. The van der Waals surface area contributed by atoms with Gasteiger partial charge in [-0.1, -0.05) is 30.3 Å². The largest absolute Gasteiger partial charge is 0.395 e. The van der Waals surface area contributed by atoms with Crippen LogP contribution >= 0.6 is 11.5 Å². The van der Waals surface area contributed by atoms with Gasteiger partial charge in [0.2, 0.25) is 5.13 Å². The van der Waals surface area contributed by atoms with E-state index < -0.39 is 0 Å². The predicted molar refractivity (Wildman–Crippen MR) is 60.9 cm³/mol. The quantitative estimate of drug-likeness (QED) is 0.823. The molecule has 0 aliphatic heterocycles. The lowest BCUT2D eigenvalue weighted by Crippen LogP contribution is -2.04. The molecular formula is C10H11N3OS. The average molecular weight is 221 g/mol. The van der Waals surface area contributed by atoms with Gasteiger partial charge in [0.1, 0.15) is 0 Å². The van der Waals surface area contributed by atoms with E-state index in [1.807, 2.05) is 30.3 Å². The van der Waals surface area contributed by atoms with Gasteiger partial charge in [-0.2, -0.15) is 9.36 Å². The van der Waals surface area contributed by atoms with Crippen molar-refractivity contribution >= 4 is 16.7 Å². The number of hydrogen-bond acceptors (Lipinski definition) is 5. The van der Waals surface area contributed by atoms with Crippen LogP contribution in [0.15, 0.2) is 30.3 Å². The molecule has 0 atom stereocenters. The maximum atomic E-state index is 8.65. The van der Waals surface area contributed by atoms with E-state index in [4.69, 9.17) is 5.11 Å². The first-order valence-corrected chi connectivity index (χ1v) is 5.41. The monoisotopic (exact) mass is 221 g/mol. The predicted octanol–water partition coefficient (Wildman–Crippen LogP) is 1.61. The molecule has 4 nitrogen and oxygen atoms in total. The second-order valence-electron chi connectivity index (χ2n) is 2.94. The summed E-state index contributed by atoms with van der Waals surface area (Å²) < 4.78 is 4.23. The van der Waals surface area contributed by atoms with Gasteiger partial charge in [0, 0.05) is 23.6 Å². The Balaban J connectivity index is 2.14. The summed E-state index contributed by atoms with van der Waals surface area (Å²) in [5, 5.41) is 12.4. The first-order chi connectivity index (χ1) is 7.40. The van der Waals surface area contributed by atoms with Crippen LogP contribution in [0.5, 0.6) is 0 Å². The Kier molecular flexibility index (Phi) is 3.26. The second kappa shape index (κ2) is 4.86. The van der Waals surface area contributed by atoms with Crippen molar-refractivity contribution in [1.82, 2.24) is 9.36 Å². The molecule has 0 saturated heterocycles. The Bertz CT molecular complexity index is 416. The summed E-state index contributed by atoms with van der Waals surface area (Å²) in [5.74, 6) is 0.723. The van der Waals surface area contributed by atoms with Crippen LogP contribution in [-0.4, -0.2) is 27.6 Å². The molecule has 0 fully saturated rings. The summed E-state index contributed by atoms with van der Waals surface area (Å²) in [4.78, 5) is 4.30. The molecule has 0 spiro atoms. The van der Waals surface area contributed by atoms with Crippen molar-refractivity contribution in [2.24, 2.45) is 0 Å². The Labute approximate surface area is 91.8 Å². The maximum Gasteiger partial charge on any atom is 0.202 e. The fourth-order valence-corrected chi connectivity index (χ4v) is 1.78. The normalized spacial score (nSPS) is 10.2. The summed E-state index contributed by atoms with van der Waals surface area (Å²) in [6.45, 7) is 0.601. The summed E-state index contributed by atoms with van der Waals surface area (Å²) >= 11 is 1.30. The van der Waals surface area contributed by atoms with Gasteiger partial charge in [-0.05, 0) is 0 Å². The third-order valence-corrected chi connectivity index (χ3v) is 2.52. The van der Waals surface area contributed by atoms with Gasteiger partial charge < -0.3 is 10.4 Å². The lowest BCUT2D eigenvalue weighted by Gasteiger charge is -1.96. The smallest absolute Gasteiger partial charge is 0.202 e. The molecule has 78 valence electrons. The van der Waals surface area contributed by atoms with Crippen molar-refractivity contribution in [2.75, 3.05) is 18.5 Å². The second-order valence-corrected chi connectivity index (χ2v) is 3.69. The maximum absolute atomic E-state index is 8.65. The third kappa shape index (κ3) is 2.51. The minimum atomic E-state index is 0.0975. The number of nitrogens with one attached hydrogen (secondary N) is 1.